The number of nitrogens with zero attached hydrogens (tertiary/aromatic N) is 2. The summed E-state index contributed by atoms with van der Waals surface area (Å²) in [6.45, 7) is 0.387. The maximum absolute atomic E-state index is 11.0. The molecule has 1 heterocycles. The predicted molar refractivity (Wildman–Crippen MR) is 78.1 cm³/mol. The van der Waals surface area contributed by atoms with Crippen molar-refractivity contribution in [2.45, 2.75) is 12.8 Å². The smallest absolute Gasteiger partial charge is 0.276 e. The van der Waals surface area contributed by atoms with Gasteiger partial charge in [-0.25, -0.2) is 5.14 Å². The molecule has 0 unspecified atom stereocenters. The van der Waals surface area contributed by atoms with Crippen molar-refractivity contribution in [3.8, 4) is 11.3 Å². The van der Waals surface area contributed by atoms with Crippen LogP contribution in [-0.2, 0) is 16.6 Å². The summed E-state index contributed by atoms with van der Waals surface area (Å²) in [5.74, 6) is 0. The van der Waals surface area contributed by atoms with Crippen molar-refractivity contribution < 1.29 is 8.42 Å². The first-order valence-electron chi connectivity index (χ1n) is 6.30. The largest absolute Gasteiger partial charge is 0.282 e. The zero-order valence-electron chi connectivity index (χ0n) is 11.3. The third-order valence-electron chi connectivity index (χ3n) is 3.05. The first kappa shape index (κ1) is 14.7. The molecule has 2 aromatic rings. The number of H-pyrrole nitrogens is 1. The average Bonchev–Trinajstić information content (AvgIpc) is 2.87. The summed E-state index contributed by atoms with van der Waals surface area (Å²) in [6, 6.07) is 11.9. The maximum Gasteiger partial charge on any atom is 0.276 e. The first-order chi connectivity index (χ1) is 9.47. The van der Waals surface area contributed by atoms with Gasteiger partial charge >= 0.3 is 0 Å². The Balaban J connectivity index is 1.91. The number of aromatic amines is 1. The van der Waals surface area contributed by atoms with Gasteiger partial charge in [0.05, 0.1) is 5.69 Å². The Bertz CT molecular complexity index is 652. The van der Waals surface area contributed by atoms with Crippen LogP contribution < -0.4 is 5.14 Å². The molecule has 0 aliphatic carbocycles. The number of aryl methyl sites for hydroxylation is 1. The SMILES string of the molecule is CN(CCCc1cc(-c2ccccc2)n[nH]1)S(N)(=O)=O. The minimum atomic E-state index is -3.59. The van der Waals surface area contributed by atoms with Crippen LogP contribution in [0.1, 0.15) is 12.1 Å². The lowest BCUT2D eigenvalue weighted by molar-refractivity contribution is 0.461. The summed E-state index contributed by atoms with van der Waals surface area (Å²) >= 11 is 0. The summed E-state index contributed by atoms with van der Waals surface area (Å²) in [4.78, 5) is 0. The molecule has 0 saturated carbocycles. The molecule has 0 amide bonds. The highest BCUT2D eigenvalue weighted by Crippen LogP contribution is 2.17. The molecule has 0 radical (unpaired) electrons. The van der Waals surface area contributed by atoms with Gasteiger partial charge in [0.2, 0.25) is 0 Å². The van der Waals surface area contributed by atoms with Crippen LogP contribution in [0.2, 0.25) is 0 Å². The van der Waals surface area contributed by atoms with E-state index in [4.69, 9.17) is 5.14 Å². The van der Waals surface area contributed by atoms with Crippen LogP contribution in [0.5, 0.6) is 0 Å². The van der Waals surface area contributed by atoms with E-state index in [0.717, 1.165) is 27.7 Å². The highest BCUT2D eigenvalue weighted by atomic mass is 32.2. The third kappa shape index (κ3) is 3.89. The van der Waals surface area contributed by atoms with Crippen molar-refractivity contribution in [1.82, 2.24) is 14.5 Å². The Kier molecular flexibility index (Phi) is 4.53. The molecule has 0 aliphatic rings. The van der Waals surface area contributed by atoms with Gasteiger partial charge in [0.1, 0.15) is 0 Å². The number of rotatable bonds is 6. The lowest BCUT2D eigenvalue weighted by Gasteiger charge is -2.12. The van der Waals surface area contributed by atoms with Crippen LogP contribution in [0, 0.1) is 0 Å². The van der Waals surface area contributed by atoms with Crippen LogP contribution in [0.15, 0.2) is 36.4 Å². The molecule has 0 atom stereocenters. The summed E-state index contributed by atoms with van der Waals surface area (Å²) in [6.07, 6.45) is 1.41. The van der Waals surface area contributed by atoms with Crippen LogP contribution in [0.25, 0.3) is 11.3 Å². The zero-order valence-corrected chi connectivity index (χ0v) is 12.1. The average molecular weight is 294 g/mol. The zero-order chi connectivity index (χ0) is 14.6. The fourth-order valence-electron chi connectivity index (χ4n) is 1.87. The second-order valence-corrected chi connectivity index (χ2v) is 6.27. The quantitative estimate of drug-likeness (QED) is 0.837. The Labute approximate surface area is 118 Å². The number of hydrogen-bond donors (Lipinski definition) is 2. The van der Waals surface area contributed by atoms with Crippen molar-refractivity contribution in [2.75, 3.05) is 13.6 Å². The minimum absolute atomic E-state index is 0.387. The van der Waals surface area contributed by atoms with Crippen LogP contribution >= 0.6 is 0 Å². The third-order valence-corrected chi connectivity index (χ3v) is 4.11. The van der Waals surface area contributed by atoms with Gasteiger partial charge in [0.15, 0.2) is 0 Å². The van der Waals surface area contributed by atoms with Gasteiger partial charge < -0.3 is 0 Å². The molecule has 0 saturated heterocycles. The molecule has 3 N–H and O–H groups in total. The number of nitrogens with two attached hydrogens (primary N) is 1. The van der Waals surface area contributed by atoms with E-state index in [1.165, 1.54) is 7.05 Å². The lowest BCUT2D eigenvalue weighted by atomic mass is 10.1. The molecule has 0 spiro atoms. The van der Waals surface area contributed by atoms with Gasteiger partial charge in [0, 0.05) is 24.8 Å². The Hall–Kier alpha value is -1.70. The number of nitrogens with one attached hydrogen (secondary N) is 1. The number of aromatic nitrogens is 2. The molecule has 0 bridgehead atoms. The fraction of sp³-hybridized carbons (Fsp3) is 0.308. The summed E-state index contributed by atoms with van der Waals surface area (Å²) < 4.78 is 23.2. The van der Waals surface area contributed by atoms with Crippen molar-refractivity contribution in [2.24, 2.45) is 5.14 Å². The van der Waals surface area contributed by atoms with Gasteiger partial charge in [-0.05, 0) is 18.9 Å². The second kappa shape index (κ2) is 6.17. The van der Waals surface area contributed by atoms with Crippen LogP contribution in [0.3, 0.4) is 0 Å². The predicted octanol–water partition coefficient (Wildman–Crippen LogP) is 1.14. The molecule has 0 aliphatic heterocycles. The van der Waals surface area contributed by atoms with E-state index in [0.29, 0.717) is 13.0 Å². The number of benzene rings is 1. The molecule has 2 rings (SSSR count). The number of hydrogen-bond acceptors (Lipinski definition) is 3. The van der Waals surface area contributed by atoms with Crippen LogP contribution in [0.4, 0.5) is 0 Å². The van der Waals surface area contributed by atoms with E-state index in [2.05, 4.69) is 10.2 Å². The molecule has 6 nitrogen and oxygen atoms in total. The standard InChI is InChI=1S/C13H18N4O2S/c1-17(20(14,18)19)9-5-8-12-10-13(16-15-12)11-6-3-2-4-7-11/h2-4,6-7,10H,5,8-9H2,1H3,(H,15,16)(H2,14,18,19). The van der Waals surface area contributed by atoms with E-state index in [1.807, 2.05) is 36.4 Å². The lowest BCUT2D eigenvalue weighted by Crippen LogP contribution is -2.34. The van der Waals surface area contributed by atoms with E-state index < -0.39 is 10.2 Å². The summed E-state index contributed by atoms with van der Waals surface area (Å²) in [5, 5.41) is 12.2. The molecule has 1 aromatic heterocycles. The highest BCUT2D eigenvalue weighted by molar-refractivity contribution is 7.86. The molecular formula is C13H18N4O2S. The first-order valence-corrected chi connectivity index (χ1v) is 7.81. The monoisotopic (exact) mass is 294 g/mol. The second-order valence-electron chi connectivity index (χ2n) is 4.61. The van der Waals surface area contributed by atoms with Crippen molar-refractivity contribution in [3.05, 3.63) is 42.1 Å². The van der Waals surface area contributed by atoms with E-state index in [1.54, 1.807) is 0 Å². The Morgan fingerprint density at radius 2 is 2.00 bits per heavy atom. The van der Waals surface area contributed by atoms with Gasteiger partial charge in [0.25, 0.3) is 10.2 Å². The molecule has 108 valence electrons. The van der Waals surface area contributed by atoms with E-state index >= 15 is 0 Å². The Morgan fingerprint density at radius 3 is 2.65 bits per heavy atom. The van der Waals surface area contributed by atoms with E-state index in [-0.39, 0.29) is 0 Å². The molecule has 0 fully saturated rings. The topological polar surface area (TPSA) is 92.1 Å². The van der Waals surface area contributed by atoms with E-state index in [9.17, 15) is 8.42 Å². The Morgan fingerprint density at radius 1 is 1.30 bits per heavy atom. The van der Waals surface area contributed by atoms with Gasteiger partial charge in [-0.1, -0.05) is 30.3 Å². The van der Waals surface area contributed by atoms with Gasteiger partial charge in [-0.15, -0.1) is 0 Å². The maximum atomic E-state index is 11.0. The molecule has 20 heavy (non-hydrogen) atoms. The van der Waals surface area contributed by atoms with Gasteiger partial charge in [-0.2, -0.15) is 17.8 Å². The van der Waals surface area contributed by atoms with Crippen LogP contribution in [-0.4, -0.2) is 36.5 Å². The molecule has 7 heteroatoms. The van der Waals surface area contributed by atoms with Crippen molar-refractivity contribution >= 4 is 10.2 Å². The molecule has 1 aromatic carbocycles. The van der Waals surface area contributed by atoms with Crippen molar-refractivity contribution in [3.63, 3.8) is 0 Å². The highest BCUT2D eigenvalue weighted by Gasteiger charge is 2.11. The fourth-order valence-corrected chi connectivity index (χ4v) is 2.25. The van der Waals surface area contributed by atoms with Crippen molar-refractivity contribution in [1.29, 1.82) is 0 Å². The summed E-state index contributed by atoms with van der Waals surface area (Å²) in [7, 11) is -2.12. The minimum Gasteiger partial charge on any atom is -0.282 e. The summed E-state index contributed by atoms with van der Waals surface area (Å²) in [5.41, 5.74) is 2.92. The molecular weight excluding hydrogens is 276 g/mol. The normalized spacial score (nSPS) is 11.9. The van der Waals surface area contributed by atoms with Gasteiger partial charge in [-0.3, -0.25) is 5.10 Å².